The van der Waals surface area contributed by atoms with Crippen molar-refractivity contribution in [1.29, 1.82) is 0 Å². The van der Waals surface area contributed by atoms with Crippen LogP contribution < -0.4 is 9.47 Å². The molecule has 0 N–H and O–H groups in total. The lowest BCUT2D eigenvalue weighted by Crippen LogP contribution is -2.47. The molecule has 2 aliphatic heterocycles. The van der Waals surface area contributed by atoms with Gasteiger partial charge >= 0.3 is 6.03 Å². The highest BCUT2D eigenvalue weighted by molar-refractivity contribution is 5.74. The summed E-state index contributed by atoms with van der Waals surface area (Å²) in [5.41, 5.74) is 0. The van der Waals surface area contributed by atoms with Crippen molar-refractivity contribution in [3.63, 3.8) is 0 Å². The van der Waals surface area contributed by atoms with Crippen molar-refractivity contribution >= 4 is 6.03 Å². The second-order valence-corrected chi connectivity index (χ2v) is 5.27. The predicted molar refractivity (Wildman–Crippen MR) is 77.0 cm³/mol. The van der Waals surface area contributed by atoms with Crippen LogP contribution in [0.25, 0.3) is 0 Å². The van der Waals surface area contributed by atoms with Gasteiger partial charge in [0.2, 0.25) is 11.8 Å². The van der Waals surface area contributed by atoms with Gasteiger partial charge in [-0.3, -0.25) is 0 Å². The number of carbonyl (C=O) groups is 1. The van der Waals surface area contributed by atoms with Crippen molar-refractivity contribution in [3.05, 3.63) is 12.1 Å². The van der Waals surface area contributed by atoms with Crippen molar-refractivity contribution in [2.45, 2.75) is 12.5 Å². The number of carbonyl (C=O) groups excluding carboxylic acids is 1. The Kier molecular flexibility index (Phi) is 4.57. The van der Waals surface area contributed by atoms with Gasteiger partial charge in [-0.25, -0.2) is 4.79 Å². The molecule has 0 saturated carbocycles. The first-order valence-corrected chi connectivity index (χ1v) is 7.42. The summed E-state index contributed by atoms with van der Waals surface area (Å²) in [6.07, 6.45) is 0.747. The van der Waals surface area contributed by atoms with Gasteiger partial charge in [0.15, 0.2) is 0 Å². The van der Waals surface area contributed by atoms with E-state index in [-0.39, 0.29) is 12.1 Å². The maximum Gasteiger partial charge on any atom is 0.320 e. The van der Waals surface area contributed by atoms with E-state index < -0.39 is 0 Å². The van der Waals surface area contributed by atoms with Gasteiger partial charge in [-0.2, -0.15) is 0 Å². The third-order valence-electron chi connectivity index (χ3n) is 3.81. The van der Waals surface area contributed by atoms with Crippen LogP contribution in [-0.4, -0.2) is 78.6 Å². The van der Waals surface area contributed by atoms with E-state index in [4.69, 9.17) is 14.2 Å². The van der Waals surface area contributed by atoms with E-state index in [1.807, 2.05) is 9.80 Å². The minimum Gasteiger partial charge on any atom is -0.480 e. The van der Waals surface area contributed by atoms with Crippen LogP contribution >= 0.6 is 0 Å². The van der Waals surface area contributed by atoms with Gasteiger partial charge in [0.25, 0.3) is 0 Å². The summed E-state index contributed by atoms with van der Waals surface area (Å²) in [6, 6.07) is 3.49. The van der Waals surface area contributed by atoms with Gasteiger partial charge in [-0.15, -0.1) is 10.2 Å². The van der Waals surface area contributed by atoms with Crippen LogP contribution in [0.2, 0.25) is 0 Å². The third-order valence-corrected chi connectivity index (χ3v) is 3.81. The number of amides is 2. The zero-order valence-corrected chi connectivity index (χ0v) is 12.6. The highest BCUT2D eigenvalue weighted by Crippen LogP contribution is 2.18. The average molecular weight is 308 g/mol. The Morgan fingerprint density at radius 1 is 1.18 bits per heavy atom. The number of aromatic nitrogens is 2. The van der Waals surface area contributed by atoms with E-state index >= 15 is 0 Å². The molecule has 0 radical (unpaired) electrons. The smallest absolute Gasteiger partial charge is 0.320 e. The molecule has 1 aromatic rings. The maximum absolute atomic E-state index is 12.4. The Hall–Kier alpha value is -2.09. The lowest BCUT2D eigenvalue weighted by molar-refractivity contribution is 0.0443. The van der Waals surface area contributed by atoms with Gasteiger partial charge < -0.3 is 24.0 Å². The van der Waals surface area contributed by atoms with Gasteiger partial charge in [0.1, 0.15) is 6.10 Å². The summed E-state index contributed by atoms with van der Waals surface area (Å²) >= 11 is 0. The zero-order chi connectivity index (χ0) is 15.4. The summed E-state index contributed by atoms with van der Waals surface area (Å²) in [7, 11) is 1.54. The third kappa shape index (κ3) is 3.38. The highest BCUT2D eigenvalue weighted by Gasteiger charge is 2.31. The van der Waals surface area contributed by atoms with Crippen molar-refractivity contribution in [3.8, 4) is 11.8 Å². The molecule has 3 rings (SSSR count). The summed E-state index contributed by atoms with van der Waals surface area (Å²) in [6.45, 7) is 3.81. The van der Waals surface area contributed by atoms with Crippen LogP contribution in [0.3, 0.4) is 0 Å². The molecule has 0 aliphatic carbocycles. The lowest BCUT2D eigenvalue weighted by atomic mass is 10.3. The monoisotopic (exact) mass is 308 g/mol. The van der Waals surface area contributed by atoms with Gasteiger partial charge in [0.05, 0.1) is 26.9 Å². The standard InChI is InChI=1S/C14H20N4O4/c1-20-12-2-3-13(16-15-12)22-11-4-5-18(10-11)14(19)17-6-8-21-9-7-17/h2-3,11H,4-10H2,1H3/t11-/m1/s1. The molecule has 3 heterocycles. The van der Waals surface area contributed by atoms with Crippen molar-refractivity contribution in [2.75, 3.05) is 46.5 Å². The highest BCUT2D eigenvalue weighted by atomic mass is 16.5. The van der Waals surface area contributed by atoms with E-state index in [1.54, 1.807) is 12.1 Å². The average Bonchev–Trinajstić information content (AvgIpc) is 3.04. The van der Waals surface area contributed by atoms with E-state index in [2.05, 4.69) is 10.2 Å². The lowest BCUT2D eigenvalue weighted by Gasteiger charge is -2.30. The molecule has 2 saturated heterocycles. The fraction of sp³-hybridized carbons (Fsp3) is 0.643. The SMILES string of the molecule is COc1ccc(O[C@@H]2CCN(C(=O)N3CCOCC3)C2)nn1. The second-order valence-electron chi connectivity index (χ2n) is 5.27. The van der Waals surface area contributed by atoms with Crippen LogP contribution in [0.15, 0.2) is 12.1 Å². The predicted octanol–water partition coefficient (Wildman–Crippen LogP) is 0.390. The molecule has 0 bridgehead atoms. The van der Waals surface area contributed by atoms with Crippen LogP contribution in [0.1, 0.15) is 6.42 Å². The normalized spacial score (nSPS) is 21.8. The maximum atomic E-state index is 12.4. The first-order chi connectivity index (χ1) is 10.8. The number of ether oxygens (including phenoxy) is 3. The summed E-state index contributed by atoms with van der Waals surface area (Å²) < 4.78 is 16.0. The Morgan fingerprint density at radius 2 is 1.91 bits per heavy atom. The summed E-state index contributed by atoms with van der Waals surface area (Å²) in [5, 5.41) is 7.81. The number of urea groups is 1. The largest absolute Gasteiger partial charge is 0.480 e. The van der Waals surface area contributed by atoms with Crippen LogP contribution in [0.4, 0.5) is 4.79 Å². The molecule has 2 aliphatic rings. The Labute approximate surface area is 128 Å². The fourth-order valence-electron chi connectivity index (χ4n) is 2.60. The number of rotatable bonds is 3. The summed E-state index contributed by atoms with van der Waals surface area (Å²) in [5.74, 6) is 0.898. The van der Waals surface area contributed by atoms with E-state index in [9.17, 15) is 4.79 Å². The number of nitrogens with zero attached hydrogens (tertiary/aromatic N) is 4. The zero-order valence-electron chi connectivity index (χ0n) is 12.6. The first-order valence-electron chi connectivity index (χ1n) is 7.42. The van der Waals surface area contributed by atoms with Crippen LogP contribution in [-0.2, 0) is 4.74 Å². The van der Waals surface area contributed by atoms with Crippen LogP contribution in [0.5, 0.6) is 11.8 Å². The van der Waals surface area contributed by atoms with E-state index in [0.29, 0.717) is 51.2 Å². The van der Waals surface area contributed by atoms with Crippen molar-refractivity contribution in [2.24, 2.45) is 0 Å². The quantitative estimate of drug-likeness (QED) is 0.804. The molecule has 0 spiro atoms. The number of hydrogen-bond acceptors (Lipinski definition) is 6. The topological polar surface area (TPSA) is 77.0 Å². The van der Waals surface area contributed by atoms with E-state index in [1.165, 1.54) is 7.11 Å². The molecule has 120 valence electrons. The fourth-order valence-corrected chi connectivity index (χ4v) is 2.60. The summed E-state index contributed by atoms with van der Waals surface area (Å²) in [4.78, 5) is 16.0. The molecule has 0 aromatic carbocycles. The second kappa shape index (κ2) is 6.78. The Balaban J connectivity index is 1.51. The molecule has 2 fully saturated rings. The molecule has 8 heteroatoms. The molecule has 8 nitrogen and oxygen atoms in total. The molecule has 1 atom stereocenters. The Bertz CT molecular complexity index is 504. The number of hydrogen-bond donors (Lipinski definition) is 0. The van der Waals surface area contributed by atoms with Crippen molar-refractivity contribution < 1.29 is 19.0 Å². The Morgan fingerprint density at radius 3 is 2.59 bits per heavy atom. The number of methoxy groups -OCH3 is 1. The van der Waals surface area contributed by atoms with Gasteiger partial charge in [-0.05, 0) is 0 Å². The molecule has 22 heavy (non-hydrogen) atoms. The van der Waals surface area contributed by atoms with Crippen molar-refractivity contribution in [1.82, 2.24) is 20.0 Å². The van der Waals surface area contributed by atoms with Gasteiger partial charge in [0, 0.05) is 38.2 Å². The first kappa shape index (κ1) is 14.8. The molecular weight excluding hydrogens is 288 g/mol. The van der Waals surface area contributed by atoms with E-state index in [0.717, 1.165) is 6.42 Å². The minimum atomic E-state index is -0.0484. The molecule has 2 amide bonds. The minimum absolute atomic E-state index is 0.0484. The number of likely N-dealkylation sites (tertiary alicyclic amines) is 1. The van der Waals surface area contributed by atoms with Gasteiger partial charge in [-0.1, -0.05) is 0 Å². The molecule has 1 aromatic heterocycles. The number of morpholine rings is 1. The molecular formula is C14H20N4O4. The van der Waals surface area contributed by atoms with Crippen LogP contribution in [0, 0.1) is 0 Å². The molecule has 0 unspecified atom stereocenters.